The Morgan fingerprint density at radius 3 is 2.86 bits per heavy atom. The van der Waals surface area contributed by atoms with Crippen LogP contribution in [0, 0.1) is 5.92 Å². The molecule has 1 amide bonds. The number of aromatic nitrogens is 1. The lowest BCUT2D eigenvalue weighted by Gasteiger charge is -2.19. The van der Waals surface area contributed by atoms with Crippen molar-refractivity contribution in [1.29, 1.82) is 0 Å². The highest BCUT2D eigenvalue weighted by Crippen LogP contribution is 2.23. The van der Waals surface area contributed by atoms with Crippen LogP contribution in [0.1, 0.15) is 19.4 Å². The van der Waals surface area contributed by atoms with Crippen molar-refractivity contribution in [2.24, 2.45) is 5.92 Å². The van der Waals surface area contributed by atoms with Gasteiger partial charge in [0.1, 0.15) is 5.75 Å². The van der Waals surface area contributed by atoms with Crippen molar-refractivity contribution < 1.29 is 14.6 Å². The standard InChI is InChI=1S/C16H22N2O3/c1-10(9-19)11(2)18-16(20)6-12-8-17-15-5-4-13(21-3)7-14(12)15/h4-5,7-8,10-11,17,19H,6,9H2,1-3H3,(H,18,20). The molecule has 0 radical (unpaired) electrons. The molecule has 0 saturated heterocycles. The molecule has 2 rings (SSSR count). The maximum atomic E-state index is 12.1. The van der Waals surface area contributed by atoms with Crippen molar-refractivity contribution in [2.45, 2.75) is 26.3 Å². The number of aromatic amines is 1. The summed E-state index contributed by atoms with van der Waals surface area (Å²) < 4.78 is 5.22. The van der Waals surface area contributed by atoms with Crippen LogP contribution >= 0.6 is 0 Å². The number of H-pyrrole nitrogens is 1. The first-order chi connectivity index (χ1) is 10.0. The molecular formula is C16H22N2O3. The summed E-state index contributed by atoms with van der Waals surface area (Å²) in [6.45, 7) is 3.87. The number of rotatable bonds is 6. The Bertz CT molecular complexity index is 621. The van der Waals surface area contributed by atoms with Crippen LogP contribution < -0.4 is 10.1 Å². The van der Waals surface area contributed by atoms with E-state index in [9.17, 15) is 4.79 Å². The SMILES string of the molecule is COc1ccc2[nH]cc(CC(=O)NC(C)C(C)CO)c2c1. The fraction of sp³-hybridized carbons (Fsp3) is 0.438. The molecule has 114 valence electrons. The van der Waals surface area contributed by atoms with Crippen molar-refractivity contribution in [1.82, 2.24) is 10.3 Å². The average Bonchev–Trinajstić information content (AvgIpc) is 2.88. The summed E-state index contributed by atoms with van der Waals surface area (Å²) in [6.07, 6.45) is 2.15. The van der Waals surface area contributed by atoms with E-state index in [1.807, 2.05) is 38.2 Å². The molecule has 1 aromatic carbocycles. The summed E-state index contributed by atoms with van der Waals surface area (Å²) in [6, 6.07) is 5.69. The minimum absolute atomic E-state index is 0.0389. The number of hydrogen-bond acceptors (Lipinski definition) is 3. The summed E-state index contributed by atoms with van der Waals surface area (Å²) in [4.78, 5) is 15.3. The normalized spacial score (nSPS) is 13.9. The lowest BCUT2D eigenvalue weighted by atomic mass is 10.0. The van der Waals surface area contributed by atoms with E-state index < -0.39 is 0 Å². The first-order valence-electron chi connectivity index (χ1n) is 7.09. The van der Waals surface area contributed by atoms with Crippen LogP contribution in [0.25, 0.3) is 10.9 Å². The summed E-state index contributed by atoms with van der Waals surface area (Å²) in [5.74, 6) is 0.759. The lowest BCUT2D eigenvalue weighted by molar-refractivity contribution is -0.121. The van der Waals surface area contributed by atoms with E-state index in [4.69, 9.17) is 9.84 Å². The number of aliphatic hydroxyl groups is 1. The Balaban J connectivity index is 2.10. The summed E-state index contributed by atoms with van der Waals surface area (Å²) >= 11 is 0. The summed E-state index contributed by atoms with van der Waals surface area (Å²) in [5, 5.41) is 13.0. The van der Waals surface area contributed by atoms with Crippen LogP contribution in [0.4, 0.5) is 0 Å². The second kappa shape index (κ2) is 6.63. The van der Waals surface area contributed by atoms with Crippen LogP contribution in [0.15, 0.2) is 24.4 Å². The topological polar surface area (TPSA) is 74.4 Å². The van der Waals surface area contributed by atoms with Gasteiger partial charge in [-0.15, -0.1) is 0 Å². The first kappa shape index (κ1) is 15.4. The van der Waals surface area contributed by atoms with E-state index in [1.54, 1.807) is 7.11 Å². The molecule has 2 unspecified atom stereocenters. The predicted octanol–water partition coefficient (Wildman–Crippen LogP) is 1.85. The molecule has 0 spiro atoms. The number of aliphatic hydroxyl groups excluding tert-OH is 1. The van der Waals surface area contributed by atoms with E-state index in [1.165, 1.54) is 0 Å². The van der Waals surface area contributed by atoms with Crippen LogP contribution in [0.5, 0.6) is 5.75 Å². The number of methoxy groups -OCH3 is 1. The van der Waals surface area contributed by atoms with Crippen molar-refractivity contribution in [3.05, 3.63) is 30.0 Å². The Kier molecular flexibility index (Phi) is 4.85. The number of hydrogen-bond donors (Lipinski definition) is 3. The van der Waals surface area contributed by atoms with Gasteiger partial charge in [0.15, 0.2) is 0 Å². The zero-order chi connectivity index (χ0) is 15.4. The van der Waals surface area contributed by atoms with Gasteiger partial charge in [-0.1, -0.05) is 6.92 Å². The van der Waals surface area contributed by atoms with Crippen molar-refractivity contribution in [2.75, 3.05) is 13.7 Å². The molecule has 3 N–H and O–H groups in total. The highest BCUT2D eigenvalue weighted by molar-refractivity contribution is 5.89. The molecule has 1 heterocycles. The van der Waals surface area contributed by atoms with Gasteiger partial charge in [0.05, 0.1) is 13.5 Å². The van der Waals surface area contributed by atoms with Crippen molar-refractivity contribution >= 4 is 16.8 Å². The fourth-order valence-electron chi connectivity index (χ4n) is 2.21. The van der Waals surface area contributed by atoms with Gasteiger partial charge in [-0.3, -0.25) is 4.79 Å². The predicted molar refractivity (Wildman–Crippen MR) is 82.4 cm³/mol. The largest absolute Gasteiger partial charge is 0.497 e. The molecule has 5 nitrogen and oxygen atoms in total. The zero-order valence-electron chi connectivity index (χ0n) is 12.6. The number of carbonyl (C=O) groups is 1. The maximum absolute atomic E-state index is 12.1. The van der Waals surface area contributed by atoms with Crippen molar-refractivity contribution in [3.8, 4) is 5.75 Å². The molecule has 2 atom stereocenters. The molecule has 21 heavy (non-hydrogen) atoms. The Morgan fingerprint density at radius 2 is 2.19 bits per heavy atom. The Hall–Kier alpha value is -2.01. The Labute approximate surface area is 124 Å². The quantitative estimate of drug-likeness (QED) is 0.760. The molecule has 0 aliphatic heterocycles. The van der Waals surface area contributed by atoms with Gasteiger partial charge in [0.2, 0.25) is 5.91 Å². The number of nitrogens with one attached hydrogen (secondary N) is 2. The van der Waals surface area contributed by atoms with Crippen LogP contribution in [0.2, 0.25) is 0 Å². The second-order valence-electron chi connectivity index (χ2n) is 5.42. The maximum Gasteiger partial charge on any atom is 0.224 e. The van der Waals surface area contributed by atoms with E-state index >= 15 is 0 Å². The lowest BCUT2D eigenvalue weighted by Crippen LogP contribution is -2.39. The second-order valence-corrected chi connectivity index (χ2v) is 5.42. The number of ether oxygens (including phenoxy) is 1. The van der Waals surface area contributed by atoms with Gasteiger partial charge in [-0.05, 0) is 36.6 Å². The molecule has 5 heteroatoms. The van der Waals surface area contributed by atoms with Crippen molar-refractivity contribution in [3.63, 3.8) is 0 Å². The number of amides is 1. The van der Waals surface area contributed by atoms with Gasteiger partial charge >= 0.3 is 0 Å². The first-order valence-corrected chi connectivity index (χ1v) is 7.09. The van der Waals surface area contributed by atoms with Crippen LogP contribution in [-0.4, -0.2) is 35.8 Å². The van der Waals surface area contributed by atoms with Gasteiger partial charge in [0.25, 0.3) is 0 Å². The molecule has 0 bridgehead atoms. The molecule has 0 saturated carbocycles. The molecule has 0 aliphatic carbocycles. The number of benzene rings is 1. The minimum Gasteiger partial charge on any atom is -0.497 e. The van der Waals surface area contributed by atoms with Crippen LogP contribution in [0.3, 0.4) is 0 Å². The zero-order valence-corrected chi connectivity index (χ0v) is 12.6. The fourth-order valence-corrected chi connectivity index (χ4v) is 2.21. The smallest absolute Gasteiger partial charge is 0.224 e. The molecule has 0 aliphatic rings. The van der Waals surface area contributed by atoms with E-state index in [2.05, 4.69) is 10.3 Å². The molecule has 1 aromatic heterocycles. The van der Waals surface area contributed by atoms with Gasteiger partial charge in [-0.2, -0.15) is 0 Å². The van der Waals surface area contributed by atoms with E-state index in [0.717, 1.165) is 22.2 Å². The van der Waals surface area contributed by atoms with Gasteiger partial charge in [0, 0.05) is 29.7 Å². The Morgan fingerprint density at radius 1 is 1.43 bits per heavy atom. The van der Waals surface area contributed by atoms with E-state index in [-0.39, 0.29) is 24.5 Å². The van der Waals surface area contributed by atoms with Gasteiger partial charge in [-0.25, -0.2) is 0 Å². The number of fused-ring (bicyclic) bond motifs is 1. The third kappa shape index (κ3) is 3.55. The summed E-state index contributed by atoms with van der Waals surface area (Å²) in [7, 11) is 1.62. The molecular weight excluding hydrogens is 268 g/mol. The summed E-state index contributed by atoms with van der Waals surface area (Å²) in [5.41, 5.74) is 1.92. The van der Waals surface area contributed by atoms with Crippen LogP contribution in [-0.2, 0) is 11.2 Å². The highest BCUT2D eigenvalue weighted by atomic mass is 16.5. The third-order valence-electron chi connectivity index (χ3n) is 3.86. The third-order valence-corrected chi connectivity index (χ3v) is 3.86. The molecule has 2 aromatic rings. The van der Waals surface area contributed by atoms with Gasteiger partial charge < -0.3 is 20.1 Å². The van der Waals surface area contributed by atoms with E-state index in [0.29, 0.717) is 6.42 Å². The monoisotopic (exact) mass is 290 g/mol. The molecule has 0 fully saturated rings. The minimum atomic E-state index is -0.0535. The highest BCUT2D eigenvalue weighted by Gasteiger charge is 2.15. The number of carbonyl (C=O) groups excluding carboxylic acids is 1. The average molecular weight is 290 g/mol.